The molecule has 10 heteroatoms. The fourth-order valence-electron chi connectivity index (χ4n) is 3.62. The van der Waals surface area contributed by atoms with Crippen molar-refractivity contribution < 1.29 is 9.53 Å². The van der Waals surface area contributed by atoms with Crippen LogP contribution in [0.1, 0.15) is 18.3 Å². The molecule has 1 unspecified atom stereocenters. The number of hydrogen-bond donors (Lipinski definition) is 1. The third-order valence-electron chi connectivity index (χ3n) is 5.29. The Labute approximate surface area is 201 Å². The van der Waals surface area contributed by atoms with Gasteiger partial charge in [0, 0.05) is 48.7 Å². The number of halogens is 2. The van der Waals surface area contributed by atoms with Gasteiger partial charge in [0.25, 0.3) is 0 Å². The van der Waals surface area contributed by atoms with Gasteiger partial charge in [-0.3, -0.25) is 0 Å². The molecular weight excluding hydrogens is 469 g/mol. The van der Waals surface area contributed by atoms with Crippen LogP contribution in [0.5, 0.6) is 5.75 Å². The molecule has 0 aliphatic carbocycles. The molecular formula is C22H23Cl2N5O2S. The summed E-state index contributed by atoms with van der Waals surface area (Å²) in [6.07, 6.45) is 0.646. The van der Waals surface area contributed by atoms with Crippen molar-refractivity contribution >= 4 is 51.6 Å². The number of nitrogens with one attached hydrogen (secondary N) is 1. The maximum absolute atomic E-state index is 12.8. The first-order valence-corrected chi connectivity index (χ1v) is 11.7. The second kappa shape index (κ2) is 9.94. The van der Waals surface area contributed by atoms with Gasteiger partial charge in [-0.15, -0.1) is 0 Å². The number of nitrogens with zero attached hydrogens (tertiary/aromatic N) is 4. The van der Waals surface area contributed by atoms with Gasteiger partial charge in [-0.05, 0) is 42.8 Å². The van der Waals surface area contributed by atoms with Crippen LogP contribution >= 0.6 is 34.7 Å². The SMILES string of the molecule is COc1cccc(Cc2nsc(N3CCN(C(=O)Nc4ccc(Cl)cc4Cl)C(C)C3)n2)c1. The number of anilines is 2. The zero-order chi connectivity index (χ0) is 22.7. The van der Waals surface area contributed by atoms with Crippen LogP contribution in [0.15, 0.2) is 42.5 Å². The van der Waals surface area contributed by atoms with Gasteiger partial charge < -0.3 is 19.9 Å². The molecule has 0 radical (unpaired) electrons. The fraction of sp³-hybridized carbons (Fsp3) is 0.318. The molecule has 3 aromatic rings. The van der Waals surface area contributed by atoms with Gasteiger partial charge in [0.2, 0.25) is 5.13 Å². The van der Waals surface area contributed by atoms with Crippen LogP contribution in [0.3, 0.4) is 0 Å². The average Bonchev–Trinajstić information content (AvgIpc) is 3.24. The van der Waals surface area contributed by atoms with Crippen LogP contribution in [0, 0.1) is 0 Å². The van der Waals surface area contributed by atoms with Crippen molar-refractivity contribution in [3.8, 4) is 5.75 Å². The Kier molecular flexibility index (Phi) is 7.03. The van der Waals surface area contributed by atoms with Crippen LogP contribution in [0.25, 0.3) is 0 Å². The lowest BCUT2D eigenvalue weighted by Crippen LogP contribution is -2.55. The molecule has 0 bridgehead atoms. The Balaban J connectivity index is 1.36. The highest BCUT2D eigenvalue weighted by atomic mass is 35.5. The van der Waals surface area contributed by atoms with Crippen LogP contribution in [0.2, 0.25) is 10.0 Å². The topological polar surface area (TPSA) is 70.6 Å². The van der Waals surface area contributed by atoms with E-state index in [0.29, 0.717) is 41.8 Å². The second-order valence-electron chi connectivity index (χ2n) is 7.56. The molecule has 2 amide bonds. The molecule has 7 nitrogen and oxygen atoms in total. The summed E-state index contributed by atoms with van der Waals surface area (Å²) in [5, 5.41) is 4.68. The lowest BCUT2D eigenvalue weighted by atomic mass is 10.1. The molecule has 2 aromatic carbocycles. The van der Waals surface area contributed by atoms with Crippen LogP contribution in [0.4, 0.5) is 15.6 Å². The smallest absolute Gasteiger partial charge is 0.322 e. The van der Waals surface area contributed by atoms with Gasteiger partial charge in [0.1, 0.15) is 11.6 Å². The number of hydrogen-bond acceptors (Lipinski definition) is 6. The monoisotopic (exact) mass is 491 g/mol. The summed E-state index contributed by atoms with van der Waals surface area (Å²) < 4.78 is 9.81. The van der Waals surface area contributed by atoms with E-state index >= 15 is 0 Å². The Morgan fingerprint density at radius 1 is 1.25 bits per heavy atom. The van der Waals surface area contributed by atoms with E-state index in [1.165, 1.54) is 11.5 Å². The second-order valence-corrected chi connectivity index (χ2v) is 9.14. The number of benzene rings is 2. The predicted octanol–water partition coefficient (Wildman–Crippen LogP) is 5.19. The highest BCUT2D eigenvalue weighted by Gasteiger charge is 2.29. The number of methoxy groups -OCH3 is 1. The first-order valence-electron chi connectivity index (χ1n) is 10.2. The molecule has 1 aliphatic rings. The minimum Gasteiger partial charge on any atom is -0.497 e. The van der Waals surface area contributed by atoms with E-state index in [4.69, 9.17) is 32.9 Å². The number of ether oxygens (including phenoxy) is 1. The Hall–Kier alpha value is -2.55. The largest absolute Gasteiger partial charge is 0.497 e. The van der Waals surface area contributed by atoms with Crippen LogP contribution < -0.4 is 15.0 Å². The third kappa shape index (κ3) is 5.26. The Morgan fingerprint density at radius 2 is 2.09 bits per heavy atom. The molecule has 1 N–H and O–H groups in total. The van der Waals surface area contributed by atoms with E-state index in [1.54, 1.807) is 30.2 Å². The molecule has 1 aliphatic heterocycles. The molecule has 1 saturated heterocycles. The quantitative estimate of drug-likeness (QED) is 0.531. The Bertz CT molecular complexity index is 1110. The average molecular weight is 492 g/mol. The highest BCUT2D eigenvalue weighted by Crippen LogP contribution is 2.27. The summed E-state index contributed by atoms with van der Waals surface area (Å²) in [4.78, 5) is 21.5. The summed E-state index contributed by atoms with van der Waals surface area (Å²) in [6.45, 7) is 3.95. The van der Waals surface area contributed by atoms with Gasteiger partial charge in [-0.25, -0.2) is 9.78 Å². The summed E-state index contributed by atoms with van der Waals surface area (Å²) in [5.41, 5.74) is 1.64. The van der Waals surface area contributed by atoms with E-state index in [-0.39, 0.29) is 12.1 Å². The van der Waals surface area contributed by atoms with E-state index in [1.807, 2.05) is 31.2 Å². The van der Waals surface area contributed by atoms with Crippen molar-refractivity contribution in [2.24, 2.45) is 0 Å². The van der Waals surface area contributed by atoms with Crippen molar-refractivity contribution in [3.63, 3.8) is 0 Å². The standard InChI is InChI=1S/C22H23Cl2N5O2S/c1-14-13-28(8-9-29(14)21(30)25-19-7-6-16(23)12-18(19)24)22-26-20(27-32-22)11-15-4-3-5-17(10-15)31-2/h3-7,10,12,14H,8-9,11,13H2,1-2H3,(H,25,30). The van der Waals surface area contributed by atoms with Crippen molar-refractivity contribution in [3.05, 3.63) is 63.9 Å². The van der Waals surface area contributed by atoms with Crippen LogP contribution in [-0.4, -0.2) is 53.1 Å². The maximum Gasteiger partial charge on any atom is 0.322 e. The Morgan fingerprint density at radius 3 is 2.84 bits per heavy atom. The van der Waals surface area contributed by atoms with Gasteiger partial charge in [-0.1, -0.05) is 35.3 Å². The summed E-state index contributed by atoms with van der Waals surface area (Å²) in [6, 6.07) is 12.7. The zero-order valence-electron chi connectivity index (χ0n) is 17.7. The number of urea groups is 1. The molecule has 168 valence electrons. The van der Waals surface area contributed by atoms with Gasteiger partial charge >= 0.3 is 6.03 Å². The zero-order valence-corrected chi connectivity index (χ0v) is 20.0. The van der Waals surface area contributed by atoms with Crippen molar-refractivity contribution in [1.82, 2.24) is 14.3 Å². The third-order valence-corrected chi connectivity index (χ3v) is 6.65. The van der Waals surface area contributed by atoms with Crippen molar-refractivity contribution in [2.45, 2.75) is 19.4 Å². The first kappa shape index (κ1) is 22.6. The number of piperazine rings is 1. The van der Waals surface area contributed by atoms with Gasteiger partial charge in [0.15, 0.2) is 0 Å². The minimum atomic E-state index is -0.183. The van der Waals surface area contributed by atoms with E-state index in [9.17, 15) is 4.79 Å². The first-order chi connectivity index (χ1) is 15.4. The lowest BCUT2D eigenvalue weighted by molar-refractivity contribution is 0.185. The molecule has 1 atom stereocenters. The summed E-state index contributed by atoms with van der Waals surface area (Å²) >= 11 is 13.5. The van der Waals surface area contributed by atoms with Gasteiger partial charge in [-0.2, -0.15) is 4.37 Å². The molecule has 1 fully saturated rings. The number of rotatable bonds is 5. The van der Waals surface area contributed by atoms with Gasteiger partial charge in [0.05, 0.1) is 17.8 Å². The lowest BCUT2D eigenvalue weighted by Gasteiger charge is -2.39. The predicted molar refractivity (Wildman–Crippen MR) is 130 cm³/mol. The molecule has 2 heterocycles. The molecule has 0 spiro atoms. The van der Waals surface area contributed by atoms with Crippen LogP contribution in [-0.2, 0) is 6.42 Å². The molecule has 1 aromatic heterocycles. The fourth-order valence-corrected chi connectivity index (χ4v) is 4.80. The highest BCUT2D eigenvalue weighted by molar-refractivity contribution is 7.09. The van der Waals surface area contributed by atoms with E-state index in [2.05, 4.69) is 14.6 Å². The van der Waals surface area contributed by atoms with Crippen molar-refractivity contribution in [2.75, 3.05) is 37.0 Å². The molecule has 4 rings (SSSR count). The summed E-state index contributed by atoms with van der Waals surface area (Å²) in [7, 11) is 1.66. The number of aromatic nitrogens is 2. The molecule has 32 heavy (non-hydrogen) atoms. The summed E-state index contributed by atoms with van der Waals surface area (Å²) in [5.74, 6) is 1.60. The number of carbonyl (C=O) groups is 1. The maximum atomic E-state index is 12.8. The number of amides is 2. The van der Waals surface area contributed by atoms with E-state index in [0.717, 1.165) is 22.3 Å². The number of carbonyl (C=O) groups excluding carboxylic acids is 1. The van der Waals surface area contributed by atoms with E-state index < -0.39 is 0 Å². The molecule has 0 saturated carbocycles. The minimum absolute atomic E-state index is 0.000519. The van der Waals surface area contributed by atoms with Crippen molar-refractivity contribution in [1.29, 1.82) is 0 Å². The normalized spacial score (nSPS) is 16.2.